The molecule has 1 fully saturated rings. The quantitative estimate of drug-likeness (QED) is 0.529. The second-order valence-corrected chi connectivity index (χ2v) is 6.01. The first kappa shape index (κ1) is 18.2. The highest BCUT2D eigenvalue weighted by Crippen LogP contribution is 2.17. The van der Waals surface area contributed by atoms with Crippen LogP contribution in [-0.2, 0) is 4.74 Å². The molecule has 1 atom stereocenters. The van der Waals surface area contributed by atoms with E-state index < -0.39 is 0 Å². The molecule has 0 amide bonds. The molecule has 124 valence electrons. The van der Waals surface area contributed by atoms with Gasteiger partial charge in [0.05, 0.1) is 6.61 Å². The zero-order valence-corrected chi connectivity index (χ0v) is 14.3. The summed E-state index contributed by atoms with van der Waals surface area (Å²) in [6, 6.07) is 0.277. The van der Waals surface area contributed by atoms with E-state index in [0.29, 0.717) is 6.61 Å². The van der Waals surface area contributed by atoms with Crippen LogP contribution in [0.1, 0.15) is 40.0 Å². The molecule has 0 aromatic rings. The number of piperidine rings is 1. The van der Waals surface area contributed by atoms with Gasteiger partial charge in [0.1, 0.15) is 0 Å². The number of nitrogens with zero attached hydrogens (tertiary/aromatic N) is 2. The standard InChI is InChI=1S/C16H34N4O/c1-5-9-20-10-7-15(8-11-20)12-18-16(17-6-2)19-14(3)13-21-4/h14-15H,5-13H2,1-4H3,(H2,17,18,19). The smallest absolute Gasteiger partial charge is 0.191 e. The van der Waals surface area contributed by atoms with Crippen LogP contribution in [-0.4, -0.2) is 63.3 Å². The molecule has 1 aliphatic rings. The molecule has 21 heavy (non-hydrogen) atoms. The fourth-order valence-electron chi connectivity index (χ4n) is 2.77. The molecule has 1 aliphatic heterocycles. The molecule has 0 saturated carbocycles. The number of aliphatic imine (C=N–C) groups is 1. The van der Waals surface area contributed by atoms with Crippen LogP contribution in [0.3, 0.4) is 0 Å². The zero-order chi connectivity index (χ0) is 15.5. The fourth-order valence-corrected chi connectivity index (χ4v) is 2.77. The molecule has 1 unspecified atom stereocenters. The topological polar surface area (TPSA) is 48.9 Å². The van der Waals surface area contributed by atoms with Crippen molar-refractivity contribution in [3.63, 3.8) is 0 Å². The lowest BCUT2D eigenvalue weighted by atomic mass is 9.97. The first-order valence-electron chi connectivity index (χ1n) is 8.45. The largest absolute Gasteiger partial charge is 0.383 e. The molecule has 1 heterocycles. The van der Waals surface area contributed by atoms with Crippen molar-refractivity contribution in [3.8, 4) is 0 Å². The van der Waals surface area contributed by atoms with Crippen LogP contribution < -0.4 is 10.6 Å². The van der Waals surface area contributed by atoms with E-state index >= 15 is 0 Å². The van der Waals surface area contributed by atoms with Crippen molar-refractivity contribution < 1.29 is 4.74 Å². The van der Waals surface area contributed by atoms with E-state index in [1.54, 1.807) is 7.11 Å². The highest BCUT2D eigenvalue weighted by molar-refractivity contribution is 5.80. The minimum Gasteiger partial charge on any atom is -0.383 e. The Morgan fingerprint density at radius 1 is 1.33 bits per heavy atom. The number of rotatable bonds is 8. The average Bonchev–Trinajstić information content (AvgIpc) is 2.47. The lowest BCUT2D eigenvalue weighted by Gasteiger charge is -2.31. The summed E-state index contributed by atoms with van der Waals surface area (Å²) in [6.45, 7) is 12.7. The van der Waals surface area contributed by atoms with Gasteiger partial charge in [-0.15, -0.1) is 0 Å². The SMILES string of the molecule is CCCN1CCC(CN=C(NCC)NC(C)COC)CC1. The third kappa shape index (κ3) is 7.67. The van der Waals surface area contributed by atoms with E-state index in [1.807, 2.05) is 0 Å². The Hall–Kier alpha value is -0.810. The maximum Gasteiger partial charge on any atom is 0.191 e. The molecule has 5 nitrogen and oxygen atoms in total. The molecule has 0 aliphatic carbocycles. The monoisotopic (exact) mass is 298 g/mol. The second kappa shape index (κ2) is 10.9. The van der Waals surface area contributed by atoms with Crippen LogP contribution in [0.15, 0.2) is 4.99 Å². The van der Waals surface area contributed by atoms with Crippen molar-refractivity contribution in [1.82, 2.24) is 15.5 Å². The van der Waals surface area contributed by atoms with Gasteiger partial charge < -0.3 is 20.3 Å². The van der Waals surface area contributed by atoms with Crippen molar-refractivity contribution in [2.75, 3.05) is 46.4 Å². The molecule has 5 heteroatoms. The van der Waals surface area contributed by atoms with Gasteiger partial charge in [0.25, 0.3) is 0 Å². The number of methoxy groups -OCH3 is 1. The van der Waals surface area contributed by atoms with Crippen molar-refractivity contribution in [2.24, 2.45) is 10.9 Å². The summed E-state index contributed by atoms with van der Waals surface area (Å²) in [5.41, 5.74) is 0. The van der Waals surface area contributed by atoms with E-state index in [4.69, 9.17) is 9.73 Å². The molecule has 0 aromatic heterocycles. The summed E-state index contributed by atoms with van der Waals surface area (Å²) < 4.78 is 5.16. The number of likely N-dealkylation sites (tertiary alicyclic amines) is 1. The number of hydrogen-bond acceptors (Lipinski definition) is 3. The second-order valence-electron chi connectivity index (χ2n) is 6.01. The van der Waals surface area contributed by atoms with Crippen LogP contribution >= 0.6 is 0 Å². The summed E-state index contributed by atoms with van der Waals surface area (Å²) in [6.07, 6.45) is 3.81. The average molecular weight is 298 g/mol. The minimum absolute atomic E-state index is 0.277. The highest BCUT2D eigenvalue weighted by Gasteiger charge is 2.18. The van der Waals surface area contributed by atoms with Gasteiger partial charge in [-0.1, -0.05) is 6.92 Å². The number of hydrogen-bond donors (Lipinski definition) is 2. The Bertz CT molecular complexity index is 288. The van der Waals surface area contributed by atoms with Crippen molar-refractivity contribution in [3.05, 3.63) is 0 Å². The van der Waals surface area contributed by atoms with E-state index in [2.05, 4.69) is 36.3 Å². The Kier molecular flexibility index (Phi) is 9.42. The first-order chi connectivity index (χ1) is 10.2. The number of nitrogens with one attached hydrogen (secondary N) is 2. The summed E-state index contributed by atoms with van der Waals surface area (Å²) in [5, 5.41) is 6.70. The zero-order valence-electron chi connectivity index (χ0n) is 14.3. The van der Waals surface area contributed by atoms with Gasteiger partial charge in [-0.3, -0.25) is 4.99 Å². The minimum atomic E-state index is 0.277. The van der Waals surface area contributed by atoms with Gasteiger partial charge in [0, 0.05) is 26.2 Å². The molecular weight excluding hydrogens is 264 g/mol. The highest BCUT2D eigenvalue weighted by atomic mass is 16.5. The predicted octanol–water partition coefficient (Wildman–Crippen LogP) is 1.70. The Morgan fingerprint density at radius 3 is 2.62 bits per heavy atom. The van der Waals surface area contributed by atoms with E-state index in [-0.39, 0.29) is 6.04 Å². The van der Waals surface area contributed by atoms with Gasteiger partial charge in [0.15, 0.2) is 5.96 Å². The van der Waals surface area contributed by atoms with Crippen LogP contribution in [0.4, 0.5) is 0 Å². The summed E-state index contributed by atoms with van der Waals surface area (Å²) in [7, 11) is 1.73. The Balaban J connectivity index is 2.36. The summed E-state index contributed by atoms with van der Waals surface area (Å²) >= 11 is 0. The van der Waals surface area contributed by atoms with E-state index in [9.17, 15) is 0 Å². The molecule has 2 N–H and O–H groups in total. The van der Waals surface area contributed by atoms with Crippen molar-refractivity contribution in [1.29, 1.82) is 0 Å². The van der Waals surface area contributed by atoms with Crippen LogP contribution in [0.5, 0.6) is 0 Å². The molecule has 1 rings (SSSR count). The summed E-state index contributed by atoms with van der Waals surface area (Å²) in [4.78, 5) is 7.32. The molecule has 0 aromatic carbocycles. The van der Waals surface area contributed by atoms with Gasteiger partial charge >= 0.3 is 0 Å². The molecule has 0 spiro atoms. The number of ether oxygens (including phenoxy) is 1. The predicted molar refractivity (Wildman–Crippen MR) is 89.9 cm³/mol. The van der Waals surface area contributed by atoms with Crippen LogP contribution in [0.25, 0.3) is 0 Å². The number of guanidine groups is 1. The molecular formula is C16H34N4O. The van der Waals surface area contributed by atoms with Gasteiger partial charge in [-0.2, -0.15) is 0 Å². The van der Waals surface area contributed by atoms with Crippen molar-refractivity contribution in [2.45, 2.75) is 46.1 Å². The lowest BCUT2D eigenvalue weighted by molar-refractivity contribution is 0.178. The summed E-state index contributed by atoms with van der Waals surface area (Å²) in [5.74, 6) is 1.64. The fraction of sp³-hybridized carbons (Fsp3) is 0.938. The Labute approximate surface area is 130 Å². The van der Waals surface area contributed by atoms with Crippen LogP contribution in [0.2, 0.25) is 0 Å². The van der Waals surface area contributed by atoms with Crippen LogP contribution in [0, 0.1) is 5.92 Å². The third-order valence-corrected chi connectivity index (χ3v) is 3.90. The molecule has 1 saturated heterocycles. The van der Waals surface area contributed by atoms with Gasteiger partial charge in [-0.25, -0.2) is 0 Å². The maximum atomic E-state index is 5.16. The molecule has 0 radical (unpaired) electrons. The van der Waals surface area contributed by atoms with Gasteiger partial charge in [0.2, 0.25) is 0 Å². The van der Waals surface area contributed by atoms with E-state index in [1.165, 1.54) is 38.9 Å². The Morgan fingerprint density at radius 2 is 2.05 bits per heavy atom. The first-order valence-corrected chi connectivity index (χ1v) is 8.45. The maximum absolute atomic E-state index is 5.16. The van der Waals surface area contributed by atoms with E-state index in [0.717, 1.165) is 25.0 Å². The lowest BCUT2D eigenvalue weighted by Crippen LogP contribution is -2.44. The third-order valence-electron chi connectivity index (χ3n) is 3.90. The normalized spacial score (nSPS) is 19.5. The molecule has 0 bridgehead atoms. The van der Waals surface area contributed by atoms with Gasteiger partial charge in [-0.05, 0) is 58.7 Å². The van der Waals surface area contributed by atoms with Crippen molar-refractivity contribution >= 4 is 5.96 Å².